The zero-order valence-corrected chi connectivity index (χ0v) is 12.5. The molecule has 0 aliphatic carbocycles. The Hall–Kier alpha value is -1.39. The van der Waals surface area contributed by atoms with Gasteiger partial charge in [-0.05, 0) is 43.5 Å². The number of hydrogen-bond acceptors (Lipinski definition) is 2. The summed E-state index contributed by atoms with van der Waals surface area (Å²) in [6, 6.07) is 6.58. The minimum Gasteiger partial charge on any atom is -0.322 e. The van der Waals surface area contributed by atoms with Crippen LogP contribution in [0.2, 0.25) is 5.02 Å². The molecule has 0 spiro atoms. The van der Waals surface area contributed by atoms with E-state index in [0.29, 0.717) is 6.42 Å². The van der Waals surface area contributed by atoms with Crippen LogP contribution in [-0.2, 0) is 19.4 Å². The van der Waals surface area contributed by atoms with Crippen LogP contribution >= 0.6 is 11.6 Å². The van der Waals surface area contributed by atoms with Crippen molar-refractivity contribution in [3.63, 3.8) is 0 Å². The Labute approximate surface area is 123 Å². The van der Waals surface area contributed by atoms with Crippen LogP contribution < -0.4 is 5.73 Å². The van der Waals surface area contributed by atoms with E-state index in [1.54, 1.807) is 12.1 Å². The van der Waals surface area contributed by atoms with Gasteiger partial charge in [0.1, 0.15) is 5.82 Å². The van der Waals surface area contributed by atoms with E-state index < -0.39 is 5.82 Å². The molecular weight excluding hydrogens is 277 g/mol. The van der Waals surface area contributed by atoms with Gasteiger partial charge in [0.25, 0.3) is 0 Å². The SMILES string of the molecule is CCc1cc(C(N)Cc2ccc(F)c(Cl)c2)n(CC)n1. The van der Waals surface area contributed by atoms with E-state index in [4.69, 9.17) is 17.3 Å². The highest BCUT2D eigenvalue weighted by Crippen LogP contribution is 2.21. The zero-order valence-electron chi connectivity index (χ0n) is 11.7. The molecule has 0 aliphatic rings. The van der Waals surface area contributed by atoms with Crippen molar-refractivity contribution in [2.24, 2.45) is 5.73 Å². The minimum atomic E-state index is -0.407. The van der Waals surface area contributed by atoms with E-state index in [2.05, 4.69) is 12.0 Å². The molecule has 0 amide bonds. The zero-order chi connectivity index (χ0) is 14.7. The third kappa shape index (κ3) is 3.19. The fourth-order valence-corrected chi connectivity index (χ4v) is 2.44. The Kier molecular flexibility index (Phi) is 4.78. The van der Waals surface area contributed by atoms with E-state index in [1.165, 1.54) is 6.07 Å². The van der Waals surface area contributed by atoms with Gasteiger partial charge in [0.15, 0.2) is 0 Å². The van der Waals surface area contributed by atoms with E-state index in [0.717, 1.165) is 29.9 Å². The maximum atomic E-state index is 13.1. The summed E-state index contributed by atoms with van der Waals surface area (Å²) in [5, 5.41) is 4.62. The van der Waals surface area contributed by atoms with Crippen LogP contribution in [0.1, 0.15) is 36.8 Å². The van der Waals surface area contributed by atoms with Gasteiger partial charge in [-0.3, -0.25) is 4.68 Å². The molecule has 1 unspecified atom stereocenters. The largest absolute Gasteiger partial charge is 0.322 e. The van der Waals surface area contributed by atoms with Crippen LogP contribution in [0.3, 0.4) is 0 Å². The molecule has 0 saturated heterocycles. The number of hydrogen-bond donors (Lipinski definition) is 1. The molecule has 0 fully saturated rings. The second-order valence-corrected chi connectivity index (χ2v) is 5.20. The van der Waals surface area contributed by atoms with Crippen molar-refractivity contribution < 1.29 is 4.39 Å². The van der Waals surface area contributed by atoms with Gasteiger partial charge in [-0.15, -0.1) is 0 Å². The van der Waals surface area contributed by atoms with Crippen molar-refractivity contribution in [3.05, 3.63) is 52.1 Å². The van der Waals surface area contributed by atoms with E-state index in [9.17, 15) is 4.39 Å². The number of halogens is 2. The summed E-state index contributed by atoms with van der Waals surface area (Å²) in [4.78, 5) is 0. The molecule has 0 saturated carbocycles. The first kappa shape index (κ1) is 15.0. The molecule has 1 aromatic heterocycles. The van der Waals surface area contributed by atoms with Crippen LogP contribution in [-0.4, -0.2) is 9.78 Å². The summed E-state index contributed by atoms with van der Waals surface area (Å²) in [5.74, 6) is -0.407. The van der Waals surface area contributed by atoms with Gasteiger partial charge >= 0.3 is 0 Å². The highest BCUT2D eigenvalue weighted by atomic mass is 35.5. The molecule has 0 aliphatic heterocycles. The van der Waals surface area contributed by atoms with Crippen molar-refractivity contribution in [2.75, 3.05) is 0 Å². The average molecular weight is 296 g/mol. The quantitative estimate of drug-likeness (QED) is 0.917. The molecule has 0 radical (unpaired) electrons. The molecule has 2 rings (SSSR count). The molecule has 1 aromatic carbocycles. The maximum absolute atomic E-state index is 13.1. The van der Waals surface area contributed by atoms with E-state index in [1.807, 2.05) is 17.7 Å². The maximum Gasteiger partial charge on any atom is 0.141 e. The number of rotatable bonds is 5. The van der Waals surface area contributed by atoms with Crippen molar-refractivity contribution in [2.45, 2.75) is 39.3 Å². The molecule has 2 N–H and O–H groups in total. The Morgan fingerprint density at radius 3 is 2.70 bits per heavy atom. The Morgan fingerprint density at radius 2 is 2.10 bits per heavy atom. The van der Waals surface area contributed by atoms with Crippen LogP contribution in [0.4, 0.5) is 4.39 Å². The number of nitrogens with two attached hydrogens (primary N) is 1. The third-order valence-electron chi connectivity index (χ3n) is 3.34. The lowest BCUT2D eigenvalue weighted by Gasteiger charge is -2.13. The van der Waals surface area contributed by atoms with Gasteiger partial charge < -0.3 is 5.73 Å². The molecule has 3 nitrogen and oxygen atoms in total. The first-order chi connectivity index (χ1) is 9.55. The van der Waals surface area contributed by atoms with Crippen LogP contribution in [0.25, 0.3) is 0 Å². The van der Waals surface area contributed by atoms with E-state index in [-0.39, 0.29) is 11.1 Å². The summed E-state index contributed by atoms with van der Waals surface area (Å²) >= 11 is 5.80. The number of nitrogens with zero attached hydrogens (tertiary/aromatic N) is 2. The second kappa shape index (κ2) is 6.37. The van der Waals surface area contributed by atoms with Crippen molar-refractivity contribution in [1.29, 1.82) is 0 Å². The molecule has 108 valence electrons. The normalized spacial score (nSPS) is 12.7. The molecule has 1 heterocycles. The molecular formula is C15H19ClFN3. The molecule has 0 bridgehead atoms. The minimum absolute atomic E-state index is 0.132. The summed E-state index contributed by atoms with van der Waals surface area (Å²) in [7, 11) is 0. The molecule has 1 atom stereocenters. The molecule has 5 heteroatoms. The van der Waals surface area contributed by atoms with Crippen molar-refractivity contribution in [3.8, 4) is 0 Å². The predicted octanol–water partition coefficient (Wildman–Crippen LogP) is 3.50. The third-order valence-corrected chi connectivity index (χ3v) is 3.63. The lowest BCUT2D eigenvalue weighted by molar-refractivity contribution is 0.564. The van der Waals surface area contributed by atoms with E-state index >= 15 is 0 Å². The van der Waals surface area contributed by atoms with Crippen LogP contribution in [0.5, 0.6) is 0 Å². The van der Waals surface area contributed by atoms with Gasteiger partial charge in [0, 0.05) is 6.54 Å². The van der Waals surface area contributed by atoms with Crippen LogP contribution in [0, 0.1) is 5.82 Å². The average Bonchev–Trinajstić information content (AvgIpc) is 2.86. The second-order valence-electron chi connectivity index (χ2n) is 4.79. The topological polar surface area (TPSA) is 43.8 Å². The Balaban J connectivity index is 2.20. The van der Waals surface area contributed by atoms with Crippen molar-refractivity contribution in [1.82, 2.24) is 9.78 Å². The standard InChI is InChI=1S/C15H19ClFN3/c1-3-11-9-15(20(4-2)19-11)14(18)8-10-5-6-13(17)12(16)7-10/h5-7,9,14H,3-4,8,18H2,1-2H3. The van der Waals surface area contributed by atoms with Gasteiger partial charge in [-0.1, -0.05) is 24.6 Å². The lowest BCUT2D eigenvalue weighted by atomic mass is 10.0. The predicted molar refractivity (Wildman–Crippen MR) is 79.3 cm³/mol. The monoisotopic (exact) mass is 295 g/mol. The van der Waals surface area contributed by atoms with Gasteiger partial charge in [-0.2, -0.15) is 5.10 Å². The summed E-state index contributed by atoms with van der Waals surface area (Å²) in [6.07, 6.45) is 1.49. The molecule has 2 aromatic rings. The van der Waals surface area contributed by atoms with Gasteiger partial charge in [-0.25, -0.2) is 4.39 Å². The van der Waals surface area contributed by atoms with Gasteiger partial charge in [0.05, 0.1) is 22.5 Å². The fourth-order valence-electron chi connectivity index (χ4n) is 2.24. The van der Waals surface area contributed by atoms with Crippen molar-refractivity contribution >= 4 is 11.6 Å². The highest BCUT2D eigenvalue weighted by Gasteiger charge is 2.15. The Morgan fingerprint density at radius 1 is 1.35 bits per heavy atom. The summed E-state index contributed by atoms with van der Waals surface area (Å²) < 4.78 is 15.1. The lowest BCUT2D eigenvalue weighted by Crippen LogP contribution is -2.18. The summed E-state index contributed by atoms with van der Waals surface area (Å²) in [5.41, 5.74) is 9.22. The van der Waals surface area contributed by atoms with Crippen LogP contribution in [0.15, 0.2) is 24.3 Å². The number of aryl methyl sites for hydroxylation is 2. The number of benzene rings is 1. The Bertz CT molecular complexity index is 595. The smallest absolute Gasteiger partial charge is 0.141 e. The molecule has 20 heavy (non-hydrogen) atoms. The first-order valence-electron chi connectivity index (χ1n) is 6.81. The first-order valence-corrected chi connectivity index (χ1v) is 7.19. The van der Waals surface area contributed by atoms with Gasteiger partial charge in [0.2, 0.25) is 0 Å². The highest BCUT2D eigenvalue weighted by molar-refractivity contribution is 6.30. The fraction of sp³-hybridized carbons (Fsp3) is 0.400. The number of aromatic nitrogens is 2. The summed E-state index contributed by atoms with van der Waals surface area (Å²) in [6.45, 7) is 4.89.